The summed E-state index contributed by atoms with van der Waals surface area (Å²) in [4.78, 5) is 24.6. The number of halogens is 1. The van der Waals surface area contributed by atoms with Crippen LogP contribution in [0, 0.1) is 5.82 Å². The molecule has 7 heteroatoms. The molecule has 0 aliphatic heterocycles. The van der Waals surface area contributed by atoms with E-state index < -0.39 is 0 Å². The van der Waals surface area contributed by atoms with E-state index in [4.69, 9.17) is 0 Å². The van der Waals surface area contributed by atoms with Gasteiger partial charge in [-0.25, -0.2) is 9.07 Å². The SMILES string of the molecule is CCCn1nc(C(=O)NCCCSc2ccc(F)cc2)ccc1=O. The summed E-state index contributed by atoms with van der Waals surface area (Å²) in [6, 6.07) is 9.14. The van der Waals surface area contributed by atoms with Crippen LogP contribution in [0.15, 0.2) is 46.1 Å². The maximum absolute atomic E-state index is 12.8. The minimum absolute atomic E-state index is 0.205. The van der Waals surface area contributed by atoms with Gasteiger partial charge in [-0.05, 0) is 48.9 Å². The lowest BCUT2D eigenvalue weighted by Gasteiger charge is -2.07. The molecule has 0 aliphatic carbocycles. The lowest BCUT2D eigenvalue weighted by molar-refractivity contribution is 0.0946. The molecular formula is C17H20FN3O2S. The molecule has 0 radical (unpaired) electrons. The van der Waals surface area contributed by atoms with Crippen molar-refractivity contribution < 1.29 is 9.18 Å². The topological polar surface area (TPSA) is 64.0 Å². The number of hydrogen-bond acceptors (Lipinski definition) is 4. The first-order valence-electron chi connectivity index (χ1n) is 7.85. The third-order valence-corrected chi connectivity index (χ3v) is 4.32. The number of nitrogens with one attached hydrogen (secondary N) is 1. The number of amides is 1. The normalized spacial score (nSPS) is 10.6. The van der Waals surface area contributed by atoms with Crippen molar-refractivity contribution >= 4 is 17.7 Å². The minimum Gasteiger partial charge on any atom is -0.351 e. The first-order chi connectivity index (χ1) is 11.6. The Kier molecular flexibility index (Phi) is 6.99. The van der Waals surface area contributed by atoms with Gasteiger partial charge in [0.1, 0.15) is 11.5 Å². The van der Waals surface area contributed by atoms with Crippen molar-refractivity contribution in [3.05, 3.63) is 58.3 Å². The fourth-order valence-electron chi connectivity index (χ4n) is 2.03. The zero-order valence-electron chi connectivity index (χ0n) is 13.5. The number of aryl methyl sites for hydroxylation is 1. The summed E-state index contributed by atoms with van der Waals surface area (Å²) in [6.07, 6.45) is 1.56. The van der Waals surface area contributed by atoms with Crippen LogP contribution in [0.3, 0.4) is 0 Å². The fourth-order valence-corrected chi connectivity index (χ4v) is 2.88. The molecular weight excluding hydrogens is 329 g/mol. The summed E-state index contributed by atoms with van der Waals surface area (Å²) >= 11 is 1.61. The minimum atomic E-state index is -0.286. The Bertz CT molecular complexity index is 731. The standard InChI is InChI=1S/C17H20FN3O2S/c1-2-11-21-16(22)9-8-15(20-21)17(23)19-10-3-12-24-14-6-4-13(18)5-7-14/h4-9H,2-3,10-12H2,1H3,(H,19,23). The molecule has 5 nitrogen and oxygen atoms in total. The molecule has 0 spiro atoms. The summed E-state index contributed by atoms with van der Waals surface area (Å²) < 4.78 is 14.1. The molecule has 128 valence electrons. The van der Waals surface area contributed by atoms with Crippen LogP contribution >= 0.6 is 11.8 Å². The summed E-state index contributed by atoms with van der Waals surface area (Å²) in [5, 5.41) is 6.86. The molecule has 1 N–H and O–H groups in total. The summed E-state index contributed by atoms with van der Waals surface area (Å²) in [5.41, 5.74) is 0.0401. The average molecular weight is 349 g/mol. The highest BCUT2D eigenvalue weighted by molar-refractivity contribution is 7.99. The van der Waals surface area contributed by atoms with E-state index in [2.05, 4.69) is 10.4 Å². The molecule has 0 aliphatic rings. The molecule has 0 saturated carbocycles. The van der Waals surface area contributed by atoms with E-state index in [1.807, 2.05) is 6.92 Å². The monoisotopic (exact) mass is 349 g/mol. The lowest BCUT2D eigenvalue weighted by Crippen LogP contribution is -2.30. The van der Waals surface area contributed by atoms with Crippen LogP contribution in [0.1, 0.15) is 30.3 Å². The van der Waals surface area contributed by atoms with Crippen molar-refractivity contribution in [1.82, 2.24) is 15.1 Å². The van der Waals surface area contributed by atoms with Crippen LogP contribution in [-0.2, 0) is 6.54 Å². The predicted octanol–water partition coefficient (Wildman–Crippen LogP) is 2.70. The van der Waals surface area contributed by atoms with E-state index in [1.54, 1.807) is 23.9 Å². The van der Waals surface area contributed by atoms with Gasteiger partial charge < -0.3 is 5.32 Å². The molecule has 2 aromatic rings. The quantitative estimate of drug-likeness (QED) is 0.588. The predicted molar refractivity (Wildman–Crippen MR) is 92.9 cm³/mol. The van der Waals surface area contributed by atoms with E-state index in [0.29, 0.717) is 13.1 Å². The molecule has 1 heterocycles. The van der Waals surface area contributed by atoms with Gasteiger partial charge in [-0.3, -0.25) is 9.59 Å². The third-order valence-electron chi connectivity index (χ3n) is 3.22. The van der Waals surface area contributed by atoms with Crippen molar-refractivity contribution in [1.29, 1.82) is 0 Å². The van der Waals surface area contributed by atoms with Gasteiger partial charge in [0.05, 0.1) is 0 Å². The van der Waals surface area contributed by atoms with Crippen LogP contribution in [0.4, 0.5) is 4.39 Å². The number of hydrogen-bond donors (Lipinski definition) is 1. The molecule has 0 bridgehead atoms. The Balaban J connectivity index is 1.76. The van der Waals surface area contributed by atoms with Crippen molar-refractivity contribution in [2.24, 2.45) is 0 Å². The van der Waals surface area contributed by atoms with E-state index in [1.165, 1.54) is 28.9 Å². The largest absolute Gasteiger partial charge is 0.351 e. The summed E-state index contributed by atoms with van der Waals surface area (Å²) in [6.45, 7) is 2.95. The van der Waals surface area contributed by atoms with E-state index in [0.717, 1.165) is 23.5 Å². The highest BCUT2D eigenvalue weighted by Crippen LogP contribution is 2.18. The van der Waals surface area contributed by atoms with Gasteiger partial charge >= 0.3 is 0 Å². The van der Waals surface area contributed by atoms with Gasteiger partial charge in [0.2, 0.25) is 0 Å². The van der Waals surface area contributed by atoms with Crippen LogP contribution in [-0.4, -0.2) is 28.0 Å². The Morgan fingerprint density at radius 3 is 2.71 bits per heavy atom. The van der Waals surface area contributed by atoms with Crippen molar-refractivity contribution in [2.75, 3.05) is 12.3 Å². The first kappa shape index (κ1) is 18.2. The van der Waals surface area contributed by atoms with Gasteiger partial charge in [-0.1, -0.05) is 6.92 Å². The molecule has 1 amide bonds. The van der Waals surface area contributed by atoms with E-state index in [-0.39, 0.29) is 23.0 Å². The zero-order chi connectivity index (χ0) is 17.4. The number of aromatic nitrogens is 2. The number of carbonyl (C=O) groups is 1. The number of carbonyl (C=O) groups excluding carboxylic acids is 1. The molecule has 2 rings (SSSR count). The smallest absolute Gasteiger partial charge is 0.271 e. The maximum atomic E-state index is 12.8. The zero-order valence-corrected chi connectivity index (χ0v) is 14.3. The second-order valence-electron chi connectivity index (χ2n) is 5.19. The molecule has 0 atom stereocenters. The van der Waals surface area contributed by atoms with Gasteiger partial charge in [-0.15, -0.1) is 11.8 Å². The maximum Gasteiger partial charge on any atom is 0.271 e. The molecule has 0 unspecified atom stereocenters. The Morgan fingerprint density at radius 1 is 1.25 bits per heavy atom. The van der Waals surface area contributed by atoms with Crippen molar-refractivity contribution in [3.8, 4) is 0 Å². The van der Waals surface area contributed by atoms with Crippen LogP contribution < -0.4 is 10.9 Å². The molecule has 1 aromatic carbocycles. The Labute approximate surface area is 144 Å². The molecule has 0 saturated heterocycles. The van der Waals surface area contributed by atoms with Gasteiger partial charge in [-0.2, -0.15) is 5.10 Å². The number of benzene rings is 1. The summed E-state index contributed by atoms with van der Waals surface area (Å²) in [5.74, 6) is 0.282. The summed E-state index contributed by atoms with van der Waals surface area (Å²) in [7, 11) is 0. The number of nitrogens with zero attached hydrogens (tertiary/aromatic N) is 2. The second-order valence-corrected chi connectivity index (χ2v) is 6.36. The number of rotatable bonds is 8. The highest BCUT2D eigenvalue weighted by atomic mass is 32.2. The van der Waals surface area contributed by atoms with Crippen molar-refractivity contribution in [2.45, 2.75) is 31.2 Å². The lowest BCUT2D eigenvalue weighted by atomic mass is 10.3. The first-order valence-corrected chi connectivity index (χ1v) is 8.83. The van der Waals surface area contributed by atoms with Crippen LogP contribution in [0.2, 0.25) is 0 Å². The van der Waals surface area contributed by atoms with E-state index >= 15 is 0 Å². The van der Waals surface area contributed by atoms with Crippen LogP contribution in [0.25, 0.3) is 0 Å². The van der Waals surface area contributed by atoms with E-state index in [9.17, 15) is 14.0 Å². The molecule has 0 fully saturated rings. The van der Waals surface area contributed by atoms with Crippen LogP contribution in [0.5, 0.6) is 0 Å². The third kappa shape index (κ3) is 5.49. The van der Waals surface area contributed by atoms with Gasteiger partial charge in [0.25, 0.3) is 11.5 Å². The molecule has 1 aromatic heterocycles. The Hall–Kier alpha value is -2.15. The Morgan fingerprint density at radius 2 is 2.00 bits per heavy atom. The fraction of sp³-hybridized carbons (Fsp3) is 0.353. The molecule has 24 heavy (non-hydrogen) atoms. The van der Waals surface area contributed by atoms with Crippen molar-refractivity contribution in [3.63, 3.8) is 0 Å². The highest BCUT2D eigenvalue weighted by Gasteiger charge is 2.08. The van der Waals surface area contributed by atoms with Gasteiger partial charge in [0, 0.05) is 24.1 Å². The van der Waals surface area contributed by atoms with Gasteiger partial charge in [0.15, 0.2) is 0 Å². The number of thioether (sulfide) groups is 1. The average Bonchev–Trinajstić information content (AvgIpc) is 2.58. The second kappa shape index (κ2) is 9.22.